The van der Waals surface area contributed by atoms with Crippen molar-refractivity contribution >= 4 is 34.8 Å². The molecule has 2 aliphatic heterocycles. The number of hydrogen-bond acceptors (Lipinski definition) is 3. The predicted molar refractivity (Wildman–Crippen MR) is 120 cm³/mol. The molecule has 198 valence electrons. The van der Waals surface area contributed by atoms with Crippen molar-refractivity contribution < 1.29 is 40.4 Å². The Bertz CT molecular complexity index is 1280. The Hall–Kier alpha value is -2.50. The molecule has 1 atom stereocenters. The van der Waals surface area contributed by atoms with Crippen molar-refractivity contribution in [3.63, 3.8) is 0 Å². The number of nitrogens with one attached hydrogen (secondary N) is 1. The van der Waals surface area contributed by atoms with Crippen LogP contribution in [-0.2, 0) is 27.1 Å². The molecule has 2 heterocycles. The van der Waals surface area contributed by atoms with Crippen molar-refractivity contribution in [1.29, 1.82) is 0 Å². The molecule has 5 rings (SSSR count). The largest absolute Gasteiger partial charge is 0.428 e. The first-order valence-corrected chi connectivity index (χ1v) is 11.8. The molecule has 1 unspecified atom stereocenters. The van der Waals surface area contributed by atoms with Crippen LogP contribution in [0.4, 0.5) is 30.7 Å². The highest BCUT2D eigenvalue weighted by molar-refractivity contribution is 6.42. The van der Waals surface area contributed by atoms with E-state index in [4.69, 9.17) is 28.0 Å². The molecule has 1 saturated heterocycles. The number of hydroxylamine groups is 1. The molecule has 13 heteroatoms. The van der Waals surface area contributed by atoms with Crippen LogP contribution >= 0.6 is 23.2 Å². The summed E-state index contributed by atoms with van der Waals surface area (Å²) in [5, 5.41) is -1.66. The van der Waals surface area contributed by atoms with Crippen LogP contribution in [-0.4, -0.2) is 30.1 Å². The average molecular weight is 569 g/mol. The van der Waals surface area contributed by atoms with Gasteiger partial charge in [-0.2, -0.15) is 26.3 Å². The Morgan fingerprint density at radius 2 is 1.62 bits per heavy atom. The van der Waals surface area contributed by atoms with Gasteiger partial charge in [0.15, 0.2) is 5.67 Å². The van der Waals surface area contributed by atoms with E-state index in [1.807, 2.05) is 0 Å². The fraction of sp³-hybridized carbons (Fsp3) is 0.375. The van der Waals surface area contributed by atoms with Gasteiger partial charge in [0.1, 0.15) is 0 Å². The number of nitrogens with zero attached hydrogens (tertiary/aromatic N) is 1. The van der Waals surface area contributed by atoms with Crippen LogP contribution in [0.25, 0.3) is 5.70 Å². The molecule has 0 bridgehead atoms. The van der Waals surface area contributed by atoms with Crippen LogP contribution in [0, 0.1) is 5.92 Å². The van der Waals surface area contributed by atoms with Crippen LogP contribution in [0.15, 0.2) is 42.5 Å². The van der Waals surface area contributed by atoms with Crippen molar-refractivity contribution in [2.45, 2.75) is 36.5 Å². The summed E-state index contributed by atoms with van der Waals surface area (Å²) >= 11 is 11.3. The summed E-state index contributed by atoms with van der Waals surface area (Å²) in [5.41, 5.74) is -5.22. The zero-order valence-corrected chi connectivity index (χ0v) is 20.1. The van der Waals surface area contributed by atoms with Gasteiger partial charge in [-0.05, 0) is 42.2 Å². The SMILES string of the molecule is O=C(C1CC1)N1CC(F)(c2ccc(C3=CC(c4cc(Cl)c(Cl)c(C(F)(F)F)c4)(C(F)(F)F)ON3)cc2)C1. The lowest BCUT2D eigenvalue weighted by molar-refractivity contribution is -0.269. The molecule has 0 aromatic heterocycles. The molecule has 1 saturated carbocycles. The van der Waals surface area contributed by atoms with Gasteiger partial charge in [-0.3, -0.25) is 15.1 Å². The third-order valence-corrected chi connectivity index (χ3v) is 7.49. The zero-order valence-electron chi connectivity index (χ0n) is 18.6. The summed E-state index contributed by atoms with van der Waals surface area (Å²) in [6, 6.07) is 6.37. The van der Waals surface area contributed by atoms with E-state index in [-0.39, 0.29) is 47.8 Å². The van der Waals surface area contributed by atoms with E-state index >= 15 is 4.39 Å². The van der Waals surface area contributed by atoms with Gasteiger partial charge in [0.05, 0.1) is 34.4 Å². The Labute approximate surface area is 215 Å². The predicted octanol–water partition coefficient (Wildman–Crippen LogP) is 6.76. The summed E-state index contributed by atoms with van der Waals surface area (Å²) in [4.78, 5) is 18.4. The van der Waals surface area contributed by atoms with Crippen LogP contribution < -0.4 is 5.48 Å². The second-order valence-electron chi connectivity index (χ2n) is 9.32. The topological polar surface area (TPSA) is 41.6 Å². The minimum Gasteiger partial charge on any atom is -0.335 e. The van der Waals surface area contributed by atoms with Crippen molar-refractivity contribution in [2.75, 3.05) is 13.1 Å². The number of halogens is 9. The molecular weight excluding hydrogens is 552 g/mol. The Morgan fingerprint density at radius 3 is 2.16 bits per heavy atom. The summed E-state index contributed by atoms with van der Waals surface area (Å²) in [6.07, 6.45) is -8.08. The maximum Gasteiger partial charge on any atom is 0.428 e. The molecular formula is C24H17Cl2F7N2O2. The Morgan fingerprint density at radius 1 is 1.00 bits per heavy atom. The highest BCUT2D eigenvalue weighted by Gasteiger charge is 2.60. The smallest absolute Gasteiger partial charge is 0.335 e. The summed E-state index contributed by atoms with van der Waals surface area (Å²) < 4.78 is 98.1. The first kappa shape index (κ1) is 26.1. The fourth-order valence-corrected chi connectivity index (χ4v) is 4.87. The van der Waals surface area contributed by atoms with Crippen LogP contribution in [0.3, 0.4) is 0 Å². The van der Waals surface area contributed by atoms with E-state index < -0.39 is 44.8 Å². The van der Waals surface area contributed by atoms with E-state index in [2.05, 4.69) is 5.48 Å². The van der Waals surface area contributed by atoms with Crippen molar-refractivity contribution in [1.82, 2.24) is 10.4 Å². The number of carbonyl (C=O) groups is 1. The lowest BCUT2D eigenvalue weighted by Crippen LogP contribution is -2.59. The minimum atomic E-state index is -5.20. The monoisotopic (exact) mass is 568 g/mol. The molecule has 2 fully saturated rings. The van der Waals surface area contributed by atoms with E-state index in [0.717, 1.165) is 12.8 Å². The van der Waals surface area contributed by atoms with Crippen LogP contribution in [0.5, 0.6) is 0 Å². The molecule has 0 spiro atoms. The lowest BCUT2D eigenvalue weighted by atomic mass is 9.86. The van der Waals surface area contributed by atoms with Gasteiger partial charge in [-0.25, -0.2) is 4.39 Å². The zero-order chi connectivity index (χ0) is 27.0. The van der Waals surface area contributed by atoms with Gasteiger partial charge in [0.2, 0.25) is 11.5 Å². The highest BCUT2D eigenvalue weighted by atomic mass is 35.5. The second kappa shape index (κ2) is 8.51. The molecule has 0 radical (unpaired) electrons. The van der Waals surface area contributed by atoms with Gasteiger partial charge < -0.3 is 4.90 Å². The van der Waals surface area contributed by atoms with Gasteiger partial charge in [-0.1, -0.05) is 47.5 Å². The first-order valence-electron chi connectivity index (χ1n) is 11.0. The number of amides is 1. The van der Waals surface area contributed by atoms with E-state index in [1.165, 1.54) is 29.2 Å². The standard InChI is InChI=1S/C24H17Cl2F7N2O2/c25-17-8-15(7-16(19(17)26)23(28,29)30)22(24(31,32)33)9-18(34-37-22)12-3-5-14(6-4-12)21(27)10-35(11-21)20(36)13-1-2-13/h3-9,13,34H,1-2,10-11H2. The molecule has 1 N–H and O–H groups in total. The van der Waals surface area contributed by atoms with Crippen LogP contribution in [0.1, 0.15) is 35.1 Å². The van der Waals surface area contributed by atoms with Crippen molar-refractivity contribution in [3.8, 4) is 0 Å². The molecule has 2 aromatic carbocycles. The maximum absolute atomic E-state index is 15.2. The molecule has 37 heavy (non-hydrogen) atoms. The first-order chi connectivity index (χ1) is 17.1. The van der Waals surface area contributed by atoms with Gasteiger partial charge in [-0.15, -0.1) is 0 Å². The third kappa shape index (κ3) is 4.44. The Kier molecular flexibility index (Phi) is 6.00. The summed E-state index contributed by atoms with van der Waals surface area (Å²) in [7, 11) is 0. The number of carbonyl (C=O) groups excluding carboxylic acids is 1. The number of alkyl halides is 7. The fourth-order valence-electron chi connectivity index (χ4n) is 4.43. The summed E-state index contributed by atoms with van der Waals surface area (Å²) in [5.74, 6) is -0.120. The molecule has 1 amide bonds. The van der Waals surface area contributed by atoms with E-state index in [0.29, 0.717) is 12.1 Å². The van der Waals surface area contributed by atoms with E-state index in [9.17, 15) is 31.1 Å². The number of rotatable bonds is 4. The van der Waals surface area contributed by atoms with Gasteiger partial charge in [0.25, 0.3) is 0 Å². The summed E-state index contributed by atoms with van der Waals surface area (Å²) in [6.45, 7) is -0.219. The second-order valence-corrected chi connectivity index (χ2v) is 10.1. The van der Waals surface area contributed by atoms with Crippen LogP contribution in [0.2, 0.25) is 10.0 Å². The molecule has 1 aliphatic carbocycles. The highest BCUT2D eigenvalue weighted by Crippen LogP contribution is 2.50. The normalized spacial score (nSPS) is 23.4. The molecule has 3 aliphatic rings. The number of benzene rings is 2. The van der Waals surface area contributed by atoms with E-state index in [1.54, 1.807) is 0 Å². The Balaban J connectivity index is 1.44. The lowest BCUT2D eigenvalue weighted by Gasteiger charge is -2.45. The van der Waals surface area contributed by atoms with Crippen molar-refractivity contribution in [2.24, 2.45) is 5.92 Å². The van der Waals surface area contributed by atoms with Gasteiger partial charge >= 0.3 is 12.4 Å². The average Bonchev–Trinajstić information content (AvgIpc) is 3.54. The molecule has 4 nitrogen and oxygen atoms in total. The van der Waals surface area contributed by atoms with Gasteiger partial charge in [0, 0.05) is 11.5 Å². The maximum atomic E-state index is 15.2. The number of hydrogen-bond donors (Lipinski definition) is 1. The quantitative estimate of drug-likeness (QED) is 0.414. The molecule has 2 aromatic rings. The third-order valence-electron chi connectivity index (χ3n) is 6.69. The minimum absolute atomic E-state index is 0.0380. The van der Waals surface area contributed by atoms with Crippen molar-refractivity contribution in [3.05, 3.63) is 74.8 Å². The number of likely N-dealkylation sites (tertiary alicyclic amines) is 1.